The topological polar surface area (TPSA) is 82.2 Å². The summed E-state index contributed by atoms with van der Waals surface area (Å²) >= 11 is 1.24. The highest BCUT2D eigenvalue weighted by Gasteiger charge is 2.17. The first kappa shape index (κ1) is 20.7. The van der Waals surface area contributed by atoms with Crippen LogP contribution in [0.3, 0.4) is 0 Å². The van der Waals surface area contributed by atoms with Crippen molar-refractivity contribution in [1.82, 2.24) is 14.8 Å². The summed E-state index contributed by atoms with van der Waals surface area (Å²) in [5.41, 5.74) is 1.26. The van der Waals surface area contributed by atoms with Gasteiger partial charge in [-0.15, -0.1) is 10.2 Å². The summed E-state index contributed by atoms with van der Waals surface area (Å²) in [6, 6.07) is 16.9. The van der Waals surface area contributed by atoms with Crippen LogP contribution >= 0.6 is 11.8 Å². The zero-order valence-electron chi connectivity index (χ0n) is 16.6. The summed E-state index contributed by atoms with van der Waals surface area (Å²) in [5, 5.41) is 11.8. The number of nitrogens with one attached hydrogen (secondary N) is 1. The molecule has 158 valence electrons. The summed E-state index contributed by atoms with van der Waals surface area (Å²) in [6.07, 6.45) is 1.60. The highest BCUT2D eigenvalue weighted by atomic mass is 32.2. The third kappa shape index (κ3) is 5.13. The number of hydrogen-bond donors (Lipinski definition) is 1. The van der Waals surface area contributed by atoms with E-state index >= 15 is 0 Å². The van der Waals surface area contributed by atoms with Crippen LogP contribution in [-0.4, -0.2) is 33.5 Å². The van der Waals surface area contributed by atoms with Crippen LogP contribution in [0, 0.1) is 5.82 Å². The van der Waals surface area contributed by atoms with Crippen LogP contribution < -0.4 is 10.1 Å². The Hall–Kier alpha value is -3.59. The van der Waals surface area contributed by atoms with Gasteiger partial charge in [0.25, 0.3) is 0 Å². The fourth-order valence-electron chi connectivity index (χ4n) is 2.94. The van der Waals surface area contributed by atoms with Gasteiger partial charge in [0, 0.05) is 11.3 Å². The quantitative estimate of drug-likeness (QED) is 0.409. The number of anilines is 1. The average Bonchev–Trinajstić information content (AvgIpc) is 3.43. The van der Waals surface area contributed by atoms with Gasteiger partial charge in [0.2, 0.25) is 5.91 Å². The van der Waals surface area contributed by atoms with Crippen molar-refractivity contribution >= 4 is 23.4 Å². The van der Waals surface area contributed by atoms with Crippen molar-refractivity contribution in [2.75, 3.05) is 18.2 Å². The smallest absolute Gasteiger partial charge is 0.234 e. The summed E-state index contributed by atoms with van der Waals surface area (Å²) in [6.45, 7) is 0.412. The number of thioether (sulfide) groups is 1. The van der Waals surface area contributed by atoms with Gasteiger partial charge in [-0.2, -0.15) is 0 Å². The molecule has 0 spiro atoms. The number of hydrogen-bond acceptors (Lipinski definition) is 6. The van der Waals surface area contributed by atoms with Crippen molar-refractivity contribution in [3.8, 4) is 17.1 Å². The molecule has 0 aliphatic heterocycles. The first-order valence-electron chi connectivity index (χ1n) is 9.40. The highest BCUT2D eigenvalue weighted by Crippen LogP contribution is 2.27. The summed E-state index contributed by atoms with van der Waals surface area (Å²) in [7, 11) is 1.61. The Morgan fingerprint density at radius 1 is 1.16 bits per heavy atom. The molecule has 2 aromatic carbocycles. The Balaban J connectivity index is 1.53. The third-order valence-electron chi connectivity index (χ3n) is 4.40. The Labute approximate surface area is 182 Å². The molecule has 0 aliphatic rings. The molecule has 1 amide bonds. The maximum absolute atomic E-state index is 13.3. The molecule has 0 bridgehead atoms. The van der Waals surface area contributed by atoms with E-state index in [1.165, 1.54) is 23.9 Å². The monoisotopic (exact) mass is 438 g/mol. The Kier molecular flexibility index (Phi) is 6.32. The van der Waals surface area contributed by atoms with Crippen molar-refractivity contribution in [1.29, 1.82) is 0 Å². The molecule has 0 saturated heterocycles. The fourth-order valence-corrected chi connectivity index (χ4v) is 3.68. The second-order valence-electron chi connectivity index (χ2n) is 6.55. The lowest BCUT2D eigenvalue weighted by Gasteiger charge is -2.10. The molecule has 9 heteroatoms. The molecule has 0 fully saturated rings. The number of benzene rings is 2. The van der Waals surface area contributed by atoms with Crippen LogP contribution in [0.4, 0.5) is 10.1 Å². The van der Waals surface area contributed by atoms with E-state index < -0.39 is 5.82 Å². The lowest BCUT2D eigenvalue weighted by molar-refractivity contribution is -0.113. The molecule has 31 heavy (non-hydrogen) atoms. The summed E-state index contributed by atoms with van der Waals surface area (Å²) < 4.78 is 25.9. The van der Waals surface area contributed by atoms with Crippen molar-refractivity contribution in [3.05, 3.63) is 78.5 Å². The number of halogens is 1. The molecule has 2 heterocycles. The van der Waals surface area contributed by atoms with Crippen LogP contribution in [0.15, 0.2) is 76.5 Å². The molecule has 4 aromatic rings. The number of methoxy groups -OCH3 is 1. The largest absolute Gasteiger partial charge is 0.497 e. The number of carbonyl (C=O) groups is 1. The van der Waals surface area contributed by atoms with E-state index in [9.17, 15) is 9.18 Å². The SMILES string of the molecule is COc1ccc(-c2nnc(SCC(=O)Nc3cccc(F)c3)n2Cc2ccco2)cc1. The van der Waals surface area contributed by atoms with Gasteiger partial charge in [-0.25, -0.2) is 4.39 Å². The molecular weight excluding hydrogens is 419 g/mol. The summed E-state index contributed by atoms with van der Waals surface area (Å²) in [5.74, 6) is 1.54. The van der Waals surface area contributed by atoms with E-state index in [4.69, 9.17) is 9.15 Å². The Bertz CT molecular complexity index is 1160. The normalized spacial score (nSPS) is 10.8. The highest BCUT2D eigenvalue weighted by molar-refractivity contribution is 7.99. The van der Waals surface area contributed by atoms with Gasteiger partial charge in [0.05, 0.1) is 25.7 Å². The standard InChI is InChI=1S/C22H19FN4O3S/c1-29-18-9-7-15(8-10-18)21-25-26-22(27(21)13-19-6-3-11-30-19)31-14-20(28)24-17-5-2-4-16(23)12-17/h2-12H,13-14H2,1H3,(H,24,28). The predicted octanol–water partition coefficient (Wildman–Crippen LogP) is 4.46. The van der Waals surface area contributed by atoms with Gasteiger partial charge < -0.3 is 14.5 Å². The van der Waals surface area contributed by atoms with E-state index in [2.05, 4.69) is 15.5 Å². The van der Waals surface area contributed by atoms with Gasteiger partial charge in [-0.3, -0.25) is 9.36 Å². The number of carbonyl (C=O) groups excluding carboxylic acids is 1. The second kappa shape index (κ2) is 9.48. The summed E-state index contributed by atoms with van der Waals surface area (Å²) in [4.78, 5) is 12.3. The van der Waals surface area contributed by atoms with E-state index in [0.717, 1.165) is 17.1 Å². The molecule has 0 unspecified atom stereocenters. The molecule has 0 saturated carbocycles. The molecule has 4 rings (SSSR count). The van der Waals surface area contributed by atoms with Gasteiger partial charge in [-0.1, -0.05) is 17.8 Å². The maximum atomic E-state index is 13.3. The fraction of sp³-hybridized carbons (Fsp3) is 0.136. The van der Waals surface area contributed by atoms with Gasteiger partial charge in [0.1, 0.15) is 17.3 Å². The number of rotatable bonds is 8. The van der Waals surface area contributed by atoms with Crippen molar-refractivity contribution in [2.24, 2.45) is 0 Å². The minimum Gasteiger partial charge on any atom is -0.497 e. The van der Waals surface area contributed by atoms with Crippen molar-refractivity contribution < 1.29 is 18.3 Å². The van der Waals surface area contributed by atoms with Crippen LogP contribution in [0.2, 0.25) is 0 Å². The molecule has 0 radical (unpaired) electrons. The molecule has 0 aliphatic carbocycles. The zero-order valence-corrected chi connectivity index (χ0v) is 17.4. The lowest BCUT2D eigenvalue weighted by Crippen LogP contribution is -2.15. The number of ether oxygens (including phenoxy) is 1. The Morgan fingerprint density at radius 3 is 2.71 bits per heavy atom. The van der Waals surface area contributed by atoms with E-state index in [0.29, 0.717) is 23.2 Å². The number of furan rings is 1. The van der Waals surface area contributed by atoms with E-state index in [1.807, 2.05) is 41.0 Å². The zero-order chi connectivity index (χ0) is 21.6. The molecule has 1 N–H and O–H groups in total. The third-order valence-corrected chi connectivity index (χ3v) is 5.37. The van der Waals surface area contributed by atoms with Crippen molar-refractivity contribution in [2.45, 2.75) is 11.7 Å². The molecule has 0 atom stereocenters. The minimum atomic E-state index is -0.409. The molecule has 2 aromatic heterocycles. The van der Waals surface area contributed by atoms with Crippen LogP contribution in [0.5, 0.6) is 5.75 Å². The lowest BCUT2D eigenvalue weighted by atomic mass is 10.2. The van der Waals surface area contributed by atoms with Crippen LogP contribution in [0.25, 0.3) is 11.4 Å². The number of nitrogens with zero attached hydrogens (tertiary/aromatic N) is 3. The van der Waals surface area contributed by atoms with E-state index in [-0.39, 0.29) is 11.7 Å². The molecule has 7 nitrogen and oxygen atoms in total. The number of amides is 1. The van der Waals surface area contributed by atoms with Gasteiger partial charge >= 0.3 is 0 Å². The predicted molar refractivity (Wildman–Crippen MR) is 116 cm³/mol. The minimum absolute atomic E-state index is 0.0927. The first-order valence-corrected chi connectivity index (χ1v) is 10.4. The Morgan fingerprint density at radius 2 is 2.00 bits per heavy atom. The van der Waals surface area contributed by atoms with E-state index in [1.54, 1.807) is 25.5 Å². The van der Waals surface area contributed by atoms with Gasteiger partial charge in [-0.05, 0) is 54.6 Å². The van der Waals surface area contributed by atoms with Crippen LogP contribution in [0.1, 0.15) is 5.76 Å². The van der Waals surface area contributed by atoms with Gasteiger partial charge in [0.15, 0.2) is 11.0 Å². The maximum Gasteiger partial charge on any atom is 0.234 e. The van der Waals surface area contributed by atoms with Crippen LogP contribution in [-0.2, 0) is 11.3 Å². The molecular formula is C22H19FN4O3S. The second-order valence-corrected chi connectivity index (χ2v) is 7.49. The number of aromatic nitrogens is 3. The first-order chi connectivity index (χ1) is 15.1. The van der Waals surface area contributed by atoms with Crippen molar-refractivity contribution in [3.63, 3.8) is 0 Å². The average molecular weight is 438 g/mol.